The molecule has 0 unspecified atom stereocenters. The van der Waals surface area contributed by atoms with Gasteiger partial charge in [0.25, 0.3) is 5.91 Å². The van der Waals surface area contributed by atoms with Crippen LogP contribution >= 0.6 is 27.7 Å². The van der Waals surface area contributed by atoms with Crippen molar-refractivity contribution in [3.05, 3.63) is 98.1 Å². The predicted octanol–water partition coefficient (Wildman–Crippen LogP) is 6.68. The molecule has 0 radical (unpaired) electrons. The van der Waals surface area contributed by atoms with Crippen molar-refractivity contribution in [1.82, 2.24) is 5.32 Å². The van der Waals surface area contributed by atoms with Crippen LogP contribution in [-0.4, -0.2) is 11.1 Å². The number of aliphatic imine (C=N–C) groups is 1. The molecule has 3 aromatic carbocycles. The maximum absolute atomic E-state index is 13.3. The standard InChI is InChI=1S/C25H20BrFN2O2S/c1-15-10-20(11-16(2)23(15)26)28-25-29-24(30)22(32-25)13-17-6-8-21(9-7-17)31-14-18-4-3-5-19(27)12-18/h3-13H,14H2,1-2H3,(H,28,29,30)/b22-13-. The quantitative estimate of drug-likeness (QED) is 0.389. The highest BCUT2D eigenvalue weighted by atomic mass is 79.9. The summed E-state index contributed by atoms with van der Waals surface area (Å²) in [6.45, 7) is 4.31. The number of nitrogens with one attached hydrogen (secondary N) is 1. The molecule has 1 saturated heterocycles. The summed E-state index contributed by atoms with van der Waals surface area (Å²) in [5, 5.41) is 3.37. The first kappa shape index (κ1) is 22.3. The van der Waals surface area contributed by atoms with Gasteiger partial charge in [-0.05, 0) is 90.3 Å². The molecule has 0 aromatic heterocycles. The van der Waals surface area contributed by atoms with E-state index < -0.39 is 0 Å². The number of carbonyl (C=O) groups is 1. The summed E-state index contributed by atoms with van der Waals surface area (Å²) in [4.78, 5) is 17.5. The van der Waals surface area contributed by atoms with Gasteiger partial charge in [0.05, 0.1) is 10.6 Å². The first-order valence-corrected chi connectivity index (χ1v) is 11.5. The summed E-state index contributed by atoms with van der Waals surface area (Å²) in [6, 6.07) is 17.7. The Morgan fingerprint density at radius 2 is 1.81 bits per heavy atom. The molecule has 1 aliphatic rings. The van der Waals surface area contributed by atoms with Gasteiger partial charge < -0.3 is 10.1 Å². The number of carbonyl (C=O) groups excluding carboxylic acids is 1. The van der Waals surface area contributed by atoms with Gasteiger partial charge in [-0.15, -0.1) is 0 Å². The van der Waals surface area contributed by atoms with E-state index in [1.54, 1.807) is 6.07 Å². The molecule has 4 nitrogen and oxygen atoms in total. The number of amides is 1. The predicted molar refractivity (Wildman–Crippen MR) is 132 cm³/mol. The zero-order valence-electron chi connectivity index (χ0n) is 17.5. The van der Waals surface area contributed by atoms with Crippen LogP contribution in [-0.2, 0) is 11.4 Å². The SMILES string of the molecule is Cc1cc(N=C2NC(=O)/C(=C/c3ccc(OCc4cccc(F)c4)cc3)S2)cc(C)c1Br. The number of halogens is 2. The van der Waals surface area contributed by atoms with Crippen LogP contribution in [0, 0.1) is 19.7 Å². The molecule has 1 aliphatic heterocycles. The van der Waals surface area contributed by atoms with E-state index in [4.69, 9.17) is 4.74 Å². The molecule has 0 atom stereocenters. The Balaban J connectivity index is 1.43. The van der Waals surface area contributed by atoms with E-state index in [1.807, 2.05) is 62.4 Å². The first-order chi connectivity index (χ1) is 15.4. The maximum Gasteiger partial charge on any atom is 0.264 e. The molecule has 162 valence electrons. The monoisotopic (exact) mass is 510 g/mol. The molecule has 7 heteroatoms. The lowest BCUT2D eigenvalue weighted by Crippen LogP contribution is -2.19. The van der Waals surface area contributed by atoms with E-state index in [9.17, 15) is 9.18 Å². The number of amidine groups is 1. The van der Waals surface area contributed by atoms with E-state index in [1.165, 1.54) is 23.9 Å². The number of hydrogen-bond acceptors (Lipinski definition) is 4. The van der Waals surface area contributed by atoms with Crippen LogP contribution < -0.4 is 10.1 Å². The van der Waals surface area contributed by atoms with E-state index >= 15 is 0 Å². The molecule has 32 heavy (non-hydrogen) atoms. The van der Waals surface area contributed by atoms with Gasteiger partial charge in [-0.1, -0.05) is 40.2 Å². The van der Waals surface area contributed by atoms with Crippen LogP contribution in [0.5, 0.6) is 5.75 Å². The molecule has 1 amide bonds. The Morgan fingerprint density at radius 1 is 1.09 bits per heavy atom. The highest BCUT2D eigenvalue weighted by Gasteiger charge is 2.23. The van der Waals surface area contributed by atoms with Crippen molar-refractivity contribution in [2.75, 3.05) is 0 Å². The zero-order chi connectivity index (χ0) is 22.7. The third kappa shape index (κ3) is 5.47. The second-order valence-electron chi connectivity index (χ2n) is 7.36. The van der Waals surface area contributed by atoms with Crippen molar-refractivity contribution in [3.8, 4) is 5.75 Å². The molecular weight excluding hydrogens is 491 g/mol. The molecule has 1 N–H and O–H groups in total. The normalized spacial score (nSPS) is 15.9. The Bertz CT molecular complexity index is 1220. The summed E-state index contributed by atoms with van der Waals surface area (Å²) >= 11 is 4.86. The average molecular weight is 511 g/mol. The zero-order valence-corrected chi connectivity index (χ0v) is 19.9. The van der Waals surface area contributed by atoms with Gasteiger partial charge in [-0.3, -0.25) is 4.79 Å². The molecule has 1 fully saturated rings. The fourth-order valence-electron chi connectivity index (χ4n) is 3.19. The Kier molecular flexibility index (Phi) is 6.77. The van der Waals surface area contributed by atoms with E-state index in [0.29, 0.717) is 15.8 Å². The fraction of sp³-hybridized carbons (Fsp3) is 0.120. The number of benzene rings is 3. The molecule has 4 rings (SSSR count). The van der Waals surface area contributed by atoms with Gasteiger partial charge >= 0.3 is 0 Å². The van der Waals surface area contributed by atoms with Crippen LogP contribution in [0.2, 0.25) is 0 Å². The molecule has 1 heterocycles. The molecule has 0 bridgehead atoms. The summed E-state index contributed by atoms with van der Waals surface area (Å²) in [5.41, 5.74) is 4.62. The van der Waals surface area contributed by atoms with Crippen LogP contribution in [0.4, 0.5) is 10.1 Å². The second-order valence-corrected chi connectivity index (χ2v) is 9.19. The minimum absolute atomic E-state index is 0.175. The molecule has 0 aliphatic carbocycles. The summed E-state index contributed by atoms with van der Waals surface area (Å²) in [7, 11) is 0. The van der Waals surface area contributed by atoms with Crippen LogP contribution in [0.15, 0.2) is 75.0 Å². The largest absolute Gasteiger partial charge is 0.489 e. The number of thioether (sulfide) groups is 1. The van der Waals surface area contributed by atoms with Crippen molar-refractivity contribution in [2.45, 2.75) is 20.5 Å². The highest BCUT2D eigenvalue weighted by molar-refractivity contribution is 9.10. The van der Waals surface area contributed by atoms with Gasteiger partial charge in [0.2, 0.25) is 0 Å². The number of rotatable bonds is 5. The summed E-state index contributed by atoms with van der Waals surface area (Å²) in [5.74, 6) is 0.211. The molecule has 3 aromatic rings. The Hall–Kier alpha value is -2.90. The first-order valence-electron chi connectivity index (χ1n) is 9.91. The maximum atomic E-state index is 13.3. The molecule has 0 saturated carbocycles. The number of ether oxygens (including phenoxy) is 1. The van der Waals surface area contributed by atoms with E-state index in [-0.39, 0.29) is 18.3 Å². The number of aryl methyl sites for hydroxylation is 2. The van der Waals surface area contributed by atoms with E-state index in [2.05, 4.69) is 26.2 Å². The molecular formula is C25H20BrFN2O2S. The number of nitrogens with zero attached hydrogens (tertiary/aromatic N) is 1. The lowest BCUT2D eigenvalue weighted by Gasteiger charge is -2.06. The van der Waals surface area contributed by atoms with Crippen molar-refractivity contribution in [1.29, 1.82) is 0 Å². The van der Waals surface area contributed by atoms with Crippen LogP contribution in [0.1, 0.15) is 22.3 Å². The van der Waals surface area contributed by atoms with Crippen LogP contribution in [0.25, 0.3) is 6.08 Å². The smallest absolute Gasteiger partial charge is 0.264 e. The van der Waals surface area contributed by atoms with E-state index in [0.717, 1.165) is 32.4 Å². The minimum Gasteiger partial charge on any atom is -0.489 e. The topological polar surface area (TPSA) is 50.7 Å². The fourth-order valence-corrected chi connectivity index (χ4v) is 4.26. The van der Waals surface area contributed by atoms with Crippen molar-refractivity contribution in [2.24, 2.45) is 4.99 Å². The second kappa shape index (κ2) is 9.71. The molecule has 0 spiro atoms. The van der Waals surface area contributed by atoms with Gasteiger partial charge in [0, 0.05) is 4.47 Å². The van der Waals surface area contributed by atoms with Gasteiger partial charge in [-0.2, -0.15) is 0 Å². The van der Waals surface area contributed by atoms with Gasteiger partial charge in [0.15, 0.2) is 5.17 Å². The van der Waals surface area contributed by atoms with Gasteiger partial charge in [-0.25, -0.2) is 9.38 Å². The average Bonchev–Trinajstić information content (AvgIpc) is 3.10. The lowest BCUT2D eigenvalue weighted by molar-refractivity contribution is -0.115. The lowest BCUT2D eigenvalue weighted by atomic mass is 10.1. The minimum atomic E-state index is -0.284. The Morgan fingerprint density at radius 3 is 2.50 bits per heavy atom. The third-order valence-electron chi connectivity index (χ3n) is 4.78. The van der Waals surface area contributed by atoms with Gasteiger partial charge in [0.1, 0.15) is 18.2 Å². The van der Waals surface area contributed by atoms with Crippen molar-refractivity contribution in [3.63, 3.8) is 0 Å². The van der Waals surface area contributed by atoms with Crippen molar-refractivity contribution >= 4 is 50.5 Å². The Labute approximate surface area is 198 Å². The third-order valence-corrected chi connectivity index (χ3v) is 6.94. The number of hydrogen-bond donors (Lipinski definition) is 1. The summed E-state index contributed by atoms with van der Waals surface area (Å²) in [6.07, 6.45) is 1.82. The highest BCUT2D eigenvalue weighted by Crippen LogP contribution is 2.31. The van der Waals surface area contributed by atoms with Crippen LogP contribution in [0.3, 0.4) is 0 Å². The summed E-state index contributed by atoms with van der Waals surface area (Å²) < 4.78 is 20.0. The van der Waals surface area contributed by atoms with Crippen molar-refractivity contribution < 1.29 is 13.9 Å².